The zero-order valence-corrected chi connectivity index (χ0v) is 11.0. The number of benzene rings is 1. The van der Waals surface area contributed by atoms with Gasteiger partial charge in [-0.15, -0.1) is 0 Å². The molecule has 3 unspecified atom stereocenters. The van der Waals surface area contributed by atoms with Crippen LogP contribution in [0.2, 0.25) is 0 Å². The molecule has 2 rings (SSSR count). The molecule has 1 fully saturated rings. The topological polar surface area (TPSA) is 12.0 Å². The summed E-state index contributed by atoms with van der Waals surface area (Å²) in [5.74, 6) is 0.196. The lowest BCUT2D eigenvalue weighted by Crippen LogP contribution is -2.29. The van der Waals surface area contributed by atoms with Crippen LogP contribution in [-0.2, 0) is 0 Å². The Bertz CT molecular complexity index is 385. The highest BCUT2D eigenvalue weighted by Gasteiger charge is 2.27. The summed E-state index contributed by atoms with van der Waals surface area (Å²) in [4.78, 5) is 0. The third kappa shape index (κ3) is 3.08. The summed E-state index contributed by atoms with van der Waals surface area (Å²) in [6.07, 6.45) is 4.74. The molecule has 18 heavy (non-hydrogen) atoms. The van der Waals surface area contributed by atoms with E-state index >= 15 is 0 Å². The molecule has 0 bridgehead atoms. The monoisotopic (exact) mass is 253 g/mol. The first-order chi connectivity index (χ1) is 8.60. The van der Waals surface area contributed by atoms with Gasteiger partial charge in [0, 0.05) is 12.1 Å². The minimum Gasteiger partial charge on any atom is -0.313 e. The SMILES string of the molecule is CNC(c1cc(F)cc(F)c1)C1CCCC(C)C1. The van der Waals surface area contributed by atoms with Gasteiger partial charge in [-0.1, -0.05) is 19.8 Å². The molecule has 0 aliphatic heterocycles. The highest BCUT2D eigenvalue weighted by molar-refractivity contribution is 5.22. The van der Waals surface area contributed by atoms with E-state index in [0.717, 1.165) is 24.5 Å². The van der Waals surface area contributed by atoms with Crippen LogP contribution < -0.4 is 5.32 Å². The van der Waals surface area contributed by atoms with E-state index in [1.807, 2.05) is 7.05 Å². The fourth-order valence-electron chi connectivity index (χ4n) is 3.21. The molecule has 0 radical (unpaired) electrons. The molecule has 3 atom stereocenters. The van der Waals surface area contributed by atoms with Crippen molar-refractivity contribution in [2.45, 2.75) is 38.6 Å². The van der Waals surface area contributed by atoms with E-state index in [1.54, 1.807) is 0 Å². The van der Waals surface area contributed by atoms with E-state index in [2.05, 4.69) is 12.2 Å². The van der Waals surface area contributed by atoms with Crippen LogP contribution in [0.15, 0.2) is 18.2 Å². The molecule has 1 aliphatic rings. The summed E-state index contributed by atoms with van der Waals surface area (Å²) in [5, 5.41) is 3.23. The number of nitrogens with one attached hydrogen (secondary N) is 1. The largest absolute Gasteiger partial charge is 0.313 e. The molecule has 1 N–H and O–H groups in total. The van der Waals surface area contributed by atoms with Gasteiger partial charge in [-0.05, 0) is 49.4 Å². The molecule has 100 valence electrons. The average Bonchev–Trinajstić information content (AvgIpc) is 2.28. The van der Waals surface area contributed by atoms with Gasteiger partial charge in [-0.2, -0.15) is 0 Å². The lowest BCUT2D eigenvalue weighted by Gasteiger charge is -2.33. The van der Waals surface area contributed by atoms with Crippen LogP contribution in [0.5, 0.6) is 0 Å². The summed E-state index contributed by atoms with van der Waals surface area (Å²) in [5.41, 5.74) is 0.731. The summed E-state index contributed by atoms with van der Waals surface area (Å²) in [6.45, 7) is 2.26. The quantitative estimate of drug-likeness (QED) is 0.857. The van der Waals surface area contributed by atoms with Gasteiger partial charge in [-0.25, -0.2) is 8.78 Å². The van der Waals surface area contributed by atoms with Gasteiger partial charge < -0.3 is 5.32 Å². The van der Waals surface area contributed by atoms with Crippen LogP contribution >= 0.6 is 0 Å². The highest BCUT2D eigenvalue weighted by Crippen LogP contribution is 2.37. The smallest absolute Gasteiger partial charge is 0.126 e. The summed E-state index contributed by atoms with van der Waals surface area (Å²) < 4.78 is 26.6. The van der Waals surface area contributed by atoms with Crippen LogP contribution in [0.3, 0.4) is 0 Å². The van der Waals surface area contributed by atoms with Gasteiger partial charge in [0.25, 0.3) is 0 Å². The third-order valence-electron chi connectivity index (χ3n) is 4.00. The van der Waals surface area contributed by atoms with Gasteiger partial charge in [0.05, 0.1) is 0 Å². The molecular formula is C15H21F2N. The van der Waals surface area contributed by atoms with Crippen molar-refractivity contribution in [3.05, 3.63) is 35.4 Å². The lowest BCUT2D eigenvalue weighted by atomic mass is 9.77. The maximum atomic E-state index is 13.3. The van der Waals surface area contributed by atoms with Crippen LogP contribution in [0, 0.1) is 23.5 Å². The van der Waals surface area contributed by atoms with Crippen molar-refractivity contribution in [1.82, 2.24) is 5.32 Å². The lowest BCUT2D eigenvalue weighted by molar-refractivity contribution is 0.229. The Morgan fingerprint density at radius 3 is 2.39 bits per heavy atom. The Kier molecular flexibility index (Phi) is 4.33. The minimum atomic E-state index is -0.492. The van der Waals surface area contributed by atoms with Gasteiger partial charge in [0.2, 0.25) is 0 Å². The fourth-order valence-corrected chi connectivity index (χ4v) is 3.21. The molecule has 1 aromatic carbocycles. The van der Waals surface area contributed by atoms with E-state index in [0.29, 0.717) is 11.8 Å². The first-order valence-corrected chi connectivity index (χ1v) is 6.73. The molecule has 1 saturated carbocycles. The van der Waals surface area contributed by atoms with E-state index in [4.69, 9.17) is 0 Å². The molecule has 1 aliphatic carbocycles. The molecular weight excluding hydrogens is 232 g/mol. The molecule has 1 nitrogen and oxygen atoms in total. The summed E-state index contributed by atoms with van der Waals surface area (Å²) in [7, 11) is 1.87. The molecule has 0 aromatic heterocycles. The van der Waals surface area contributed by atoms with E-state index < -0.39 is 11.6 Å². The van der Waals surface area contributed by atoms with Crippen LogP contribution in [0.25, 0.3) is 0 Å². The Hall–Kier alpha value is -0.960. The van der Waals surface area contributed by atoms with E-state index in [9.17, 15) is 8.78 Å². The first-order valence-electron chi connectivity index (χ1n) is 6.73. The molecule has 0 heterocycles. The van der Waals surface area contributed by atoms with Crippen molar-refractivity contribution in [3.8, 4) is 0 Å². The van der Waals surface area contributed by atoms with Gasteiger partial charge >= 0.3 is 0 Å². The second-order valence-corrected chi connectivity index (χ2v) is 5.50. The van der Waals surface area contributed by atoms with Gasteiger partial charge in [0.1, 0.15) is 11.6 Å². The van der Waals surface area contributed by atoms with E-state index in [1.165, 1.54) is 25.0 Å². The maximum absolute atomic E-state index is 13.3. The van der Waals surface area contributed by atoms with Crippen molar-refractivity contribution in [1.29, 1.82) is 0 Å². The average molecular weight is 253 g/mol. The number of hydrogen-bond acceptors (Lipinski definition) is 1. The molecule has 0 spiro atoms. The van der Waals surface area contributed by atoms with E-state index in [-0.39, 0.29) is 6.04 Å². The Morgan fingerprint density at radius 1 is 1.17 bits per heavy atom. The summed E-state index contributed by atoms with van der Waals surface area (Å²) >= 11 is 0. The third-order valence-corrected chi connectivity index (χ3v) is 4.00. The van der Waals surface area contributed by atoms with Crippen molar-refractivity contribution in [2.75, 3.05) is 7.05 Å². The molecule has 0 saturated heterocycles. The van der Waals surface area contributed by atoms with Gasteiger partial charge in [-0.3, -0.25) is 0 Å². The molecule has 3 heteroatoms. The maximum Gasteiger partial charge on any atom is 0.126 e. The predicted molar refractivity (Wildman–Crippen MR) is 69.3 cm³/mol. The highest BCUT2D eigenvalue weighted by atomic mass is 19.1. The van der Waals surface area contributed by atoms with Crippen molar-refractivity contribution in [2.24, 2.45) is 11.8 Å². The zero-order valence-electron chi connectivity index (χ0n) is 11.0. The number of halogens is 2. The van der Waals surface area contributed by atoms with Crippen LogP contribution in [0.4, 0.5) is 8.78 Å². The second-order valence-electron chi connectivity index (χ2n) is 5.50. The minimum absolute atomic E-state index is 0.0537. The summed E-state index contributed by atoms with van der Waals surface area (Å²) in [6, 6.07) is 3.88. The van der Waals surface area contributed by atoms with Crippen LogP contribution in [0.1, 0.15) is 44.2 Å². The van der Waals surface area contributed by atoms with Crippen molar-refractivity contribution in [3.63, 3.8) is 0 Å². The standard InChI is InChI=1S/C15H21F2N/c1-10-4-3-5-11(6-10)15(18-2)12-7-13(16)9-14(17)8-12/h7-11,15,18H,3-6H2,1-2H3. The first kappa shape index (κ1) is 13.5. The van der Waals surface area contributed by atoms with Crippen molar-refractivity contribution < 1.29 is 8.78 Å². The normalized spacial score (nSPS) is 26.0. The predicted octanol–water partition coefficient (Wildman–Crippen LogP) is 4.05. The number of hydrogen-bond donors (Lipinski definition) is 1. The molecule has 0 amide bonds. The number of rotatable bonds is 3. The van der Waals surface area contributed by atoms with Gasteiger partial charge in [0.15, 0.2) is 0 Å². The molecule has 1 aromatic rings. The Balaban J connectivity index is 2.21. The Labute approximate surface area is 108 Å². The Morgan fingerprint density at radius 2 is 1.83 bits per heavy atom. The fraction of sp³-hybridized carbons (Fsp3) is 0.600. The second kappa shape index (κ2) is 5.79. The zero-order chi connectivity index (χ0) is 13.1. The van der Waals surface area contributed by atoms with Crippen LogP contribution in [-0.4, -0.2) is 7.05 Å². The van der Waals surface area contributed by atoms with Crippen molar-refractivity contribution >= 4 is 0 Å².